The highest BCUT2D eigenvalue weighted by Gasteiger charge is 2.20. The lowest BCUT2D eigenvalue weighted by Crippen LogP contribution is -2.22. The van der Waals surface area contributed by atoms with Crippen molar-refractivity contribution in [1.82, 2.24) is 0 Å². The van der Waals surface area contributed by atoms with Crippen LogP contribution in [0.4, 0.5) is 0 Å². The minimum Gasteiger partial charge on any atom is -0.491 e. The van der Waals surface area contributed by atoms with E-state index in [-0.39, 0.29) is 13.2 Å². The van der Waals surface area contributed by atoms with Gasteiger partial charge in [0.2, 0.25) is 0 Å². The number of carboxylic acids is 1. The Morgan fingerprint density at radius 1 is 1.30 bits per heavy atom. The monoisotopic (exact) mass is 324 g/mol. The minimum absolute atomic E-state index is 0.0549. The molecule has 1 aromatic rings. The number of ether oxygens (including phenoxy) is 2. The Kier molecular flexibility index (Phi) is 8.97. The molecule has 0 radical (unpaired) electrons. The maximum absolute atomic E-state index is 10.4. The first-order valence-electron chi connectivity index (χ1n) is 7.61. The first kappa shape index (κ1) is 19.2. The molecular formula is C17H24O6. The maximum Gasteiger partial charge on any atom is 0.327 e. The van der Waals surface area contributed by atoms with Gasteiger partial charge in [-0.2, -0.15) is 0 Å². The van der Waals surface area contributed by atoms with Gasteiger partial charge in [-0.15, -0.1) is 0 Å². The van der Waals surface area contributed by atoms with Gasteiger partial charge >= 0.3 is 5.97 Å². The number of aliphatic hydroxyl groups excluding tert-OH is 2. The molecule has 1 rings (SSSR count). The van der Waals surface area contributed by atoms with Crippen LogP contribution >= 0.6 is 0 Å². The fourth-order valence-electron chi connectivity index (χ4n) is 2.13. The lowest BCUT2D eigenvalue weighted by atomic mass is 10.0. The topological polar surface area (TPSA) is 96.2 Å². The second kappa shape index (κ2) is 10.8. The molecule has 128 valence electrons. The Bertz CT molecular complexity index is 482. The molecule has 6 nitrogen and oxygen atoms in total. The minimum atomic E-state index is -0.989. The lowest BCUT2D eigenvalue weighted by Gasteiger charge is -2.23. The summed E-state index contributed by atoms with van der Waals surface area (Å²) in [5.74, 6) is -0.371. The van der Waals surface area contributed by atoms with Crippen LogP contribution in [0.1, 0.15) is 31.4 Å². The zero-order valence-electron chi connectivity index (χ0n) is 13.2. The molecule has 0 saturated heterocycles. The predicted molar refractivity (Wildman–Crippen MR) is 85.4 cm³/mol. The van der Waals surface area contributed by atoms with Crippen LogP contribution in [0.3, 0.4) is 0 Å². The fourth-order valence-corrected chi connectivity index (χ4v) is 2.13. The Hall–Kier alpha value is -1.89. The average molecular weight is 324 g/mol. The van der Waals surface area contributed by atoms with Crippen molar-refractivity contribution in [2.75, 3.05) is 19.8 Å². The Morgan fingerprint density at radius 2 is 2.00 bits per heavy atom. The standard InChI is InChI=1S/C17H24O6/c1-2-22-15(5-3-4-6-16(19)20)17(21)13-7-9-14(10-8-13)23-12-11-18/h4,6-10,15,17-18,21H,2-3,5,11-12H2,1H3,(H,19,20)/b6-4+/t15-,17-/m0/s1. The third kappa shape index (κ3) is 7.27. The Morgan fingerprint density at radius 3 is 2.57 bits per heavy atom. The quantitative estimate of drug-likeness (QED) is 0.538. The number of rotatable bonds is 11. The van der Waals surface area contributed by atoms with E-state index in [1.165, 1.54) is 0 Å². The van der Waals surface area contributed by atoms with E-state index in [0.717, 1.165) is 6.08 Å². The summed E-state index contributed by atoms with van der Waals surface area (Å²) < 4.78 is 10.8. The molecule has 0 spiro atoms. The van der Waals surface area contributed by atoms with E-state index in [1.54, 1.807) is 30.3 Å². The van der Waals surface area contributed by atoms with Gasteiger partial charge in [0.25, 0.3) is 0 Å². The number of allylic oxidation sites excluding steroid dienone is 1. The van der Waals surface area contributed by atoms with Crippen LogP contribution in [0.15, 0.2) is 36.4 Å². The molecule has 2 atom stereocenters. The summed E-state index contributed by atoms with van der Waals surface area (Å²) >= 11 is 0. The molecule has 6 heteroatoms. The molecule has 1 aromatic carbocycles. The molecule has 0 fully saturated rings. The summed E-state index contributed by atoms with van der Waals surface area (Å²) in [4.78, 5) is 10.4. The number of aliphatic hydroxyl groups is 2. The highest BCUT2D eigenvalue weighted by atomic mass is 16.5. The van der Waals surface area contributed by atoms with Crippen LogP contribution in [0.25, 0.3) is 0 Å². The van der Waals surface area contributed by atoms with Gasteiger partial charge in [0.05, 0.1) is 12.7 Å². The molecule has 0 saturated carbocycles. The lowest BCUT2D eigenvalue weighted by molar-refractivity contribution is -0.131. The van der Waals surface area contributed by atoms with E-state index < -0.39 is 18.2 Å². The van der Waals surface area contributed by atoms with Crippen molar-refractivity contribution < 1.29 is 29.6 Å². The molecular weight excluding hydrogens is 300 g/mol. The summed E-state index contributed by atoms with van der Waals surface area (Å²) in [5, 5.41) is 27.7. The zero-order chi connectivity index (χ0) is 17.1. The van der Waals surface area contributed by atoms with Gasteiger partial charge in [0, 0.05) is 12.7 Å². The number of hydrogen-bond acceptors (Lipinski definition) is 5. The number of aliphatic carboxylic acids is 1. The van der Waals surface area contributed by atoms with Crippen LogP contribution < -0.4 is 4.74 Å². The van der Waals surface area contributed by atoms with Crippen molar-refractivity contribution in [3.8, 4) is 5.75 Å². The third-order valence-electron chi connectivity index (χ3n) is 3.19. The van der Waals surface area contributed by atoms with Crippen LogP contribution in [0.2, 0.25) is 0 Å². The largest absolute Gasteiger partial charge is 0.491 e. The molecule has 0 aliphatic rings. The highest BCUT2D eigenvalue weighted by molar-refractivity contribution is 5.79. The summed E-state index contributed by atoms with van der Waals surface area (Å²) in [5.41, 5.74) is 0.696. The van der Waals surface area contributed by atoms with Gasteiger partial charge in [0.1, 0.15) is 18.5 Å². The van der Waals surface area contributed by atoms with Crippen LogP contribution in [0, 0.1) is 0 Å². The summed E-state index contributed by atoms with van der Waals surface area (Å²) in [6, 6.07) is 6.94. The van der Waals surface area contributed by atoms with Crippen LogP contribution in [-0.4, -0.2) is 47.2 Å². The third-order valence-corrected chi connectivity index (χ3v) is 3.19. The van der Waals surface area contributed by atoms with Gasteiger partial charge in [-0.05, 0) is 37.5 Å². The van der Waals surface area contributed by atoms with Crippen molar-refractivity contribution in [2.24, 2.45) is 0 Å². The predicted octanol–water partition coefficient (Wildman–Crippen LogP) is 1.92. The number of carboxylic acid groups (broad SMARTS) is 1. The van der Waals surface area contributed by atoms with E-state index >= 15 is 0 Å². The molecule has 0 heterocycles. The number of benzene rings is 1. The average Bonchev–Trinajstić information content (AvgIpc) is 2.55. The SMILES string of the molecule is CCO[C@@H](CC/C=C/C(=O)O)[C@@H](O)c1ccc(OCCO)cc1. The van der Waals surface area contributed by atoms with Gasteiger partial charge in [-0.3, -0.25) is 0 Å². The van der Waals surface area contributed by atoms with Gasteiger partial charge in [-0.1, -0.05) is 18.2 Å². The van der Waals surface area contributed by atoms with Crippen LogP contribution in [0.5, 0.6) is 5.75 Å². The van der Waals surface area contributed by atoms with E-state index in [1.807, 2.05) is 6.92 Å². The van der Waals surface area contributed by atoms with Gasteiger partial charge in [0.15, 0.2) is 0 Å². The zero-order valence-corrected chi connectivity index (χ0v) is 13.2. The second-order valence-corrected chi connectivity index (χ2v) is 4.90. The Labute approximate surface area is 136 Å². The molecule has 0 aromatic heterocycles. The molecule has 0 aliphatic heterocycles. The summed E-state index contributed by atoms with van der Waals surface area (Å²) in [7, 11) is 0. The van der Waals surface area contributed by atoms with Crippen LogP contribution in [-0.2, 0) is 9.53 Å². The van der Waals surface area contributed by atoms with E-state index in [9.17, 15) is 9.90 Å². The number of carbonyl (C=O) groups is 1. The molecule has 0 unspecified atom stereocenters. The van der Waals surface area contributed by atoms with Crippen molar-refractivity contribution >= 4 is 5.97 Å². The molecule has 0 aliphatic carbocycles. The number of hydrogen-bond donors (Lipinski definition) is 3. The molecule has 0 amide bonds. The summed E-state index contributed by atoms with van der Waals surface area (Å²) in [6.07, 6.45) is 2.44. The molecule has 3 N–H and O–H groups in total. The van der Waals surface area contributed by atoms with Crippen molar-refractivity contribution in [3.05, 3.63) is 42.0 Å². The van der Waals surface area contributed by atoms with E-state index in [2.05, 4.69) is 0 Å². The van der Waals surface area contributed by atoms with Crippen molar-refractivity contribution in [3.63, 3.8) is 0 Å². The van der Waals surface area contributed by atoms with Gasteiger partial charge < -0.3 is 24.8 Å². The first-order valence-corrected chi connectivity index (χ1v) is 7.61. The normalized spacial score (nSPS) is 13.9. The summed E-state index contributed by atoms with van der Waals surface area (Å²) in [6.45, 7) is 2.47. The second-order valence-electron chi connectivity index (χ2n) is 4.90. The Balaban J connectivity index is 2.64. The van der Waals surface area contributed by atoms with E-state index in [0.29, 0.717) is 30.8 Å². The van der Waals surface area contributed by atoms with E-state index in [4.69, 9.17) is 19.7 Å². The van der Waals surface area contributed by atoms with Gasteiger partial charge in [-0.25, -0.2) is 4.79 Å². The fraction of sp³-hybridized carbons (Fsp3) is 0.471. The maximum atomic E-state index is 10.4. The molecule has 23 heavy (non-hydrogen) atoms. The van der Waals surface area contributed by atoms with Crippen molar-refractivity contribution in [1.29, 1.82) is 0 Å². The van der Waals surface area contributed by atoms with Crippen molar-refractivity contribution in [2.45, 2.75) is 32.0 Å². The molecule has 0 bridgehead atoms. The first-order chi connectivity index (χ1) is 11.1. The highest BCUT2D eigenvalue weighted by Crippen LogP contribution is 2.25. The smallest absolute Gasteiger partial charge is 0.327 e.